The Hall–Kier alpha value is -1.44. The first-order chi connectivity index (χ1) is 9.54. The Morgan fingerprint density at radius 3 is 2.75 bits per heavy atom. The number of sulfonamides is 1. The molecule has 1 aromatic rings. The fraction of sp³-hybridized carbons (Fsp3) is 0.462. The number of nitrogens with one attached hydrogen (secondary N) is 3. The minimum Gasteiger partial charge on any atom is -0.325 e. The van der Waals surface area contributed by atoms with Gasteiger partial charge in [-0.05, 0) is 38.6 Å². The fourth-order valence-corrected chi connectivity index (χ4v) is 3.11. The molecule has 1 atom stereocenters. The van der Waals surface area contributed by atoms with Crippen LogP contribution in [0.2, 0.25) is 0 Å². The zero-order valence-electron chi connectivity index (χ0n) is 11.3. The summed E-state index contributed by atoms with van der Waals surface area (Å²) in [6.07, 6.45) is 1.77. The van der Waals surface area contributed by atoms with Crippen molar-refractivity contribution in [3.8, 4) is 0 Å². The summed E-state index contributed by atoms with van der Waals surface area (Å²) in [4.78, 5) is 12.3. The number of anilines is 1. The Morgan fingerprint density at radius 1 is 1.35 bits per heavy atom. The molecular weight excluding hydrogens is 278 g/mol. The van der Waals surface area contributed by atoms with Gasteiger partial charge in [-0.1, -0.05) is 12.1 Å². The number of piperidine rings is 1. The van der Waals surface area contributed by atoms with Crippen molar-refractivity contribution in [2.24, 2.45) is 5.92 Å². The smallest absolute Gasteiger partial charge is 0.242 e. The van der Waals surface area contributed by atoms with Crippen LogP contribution < -0.4 is 15.4 Å². The van der Waals surface area contributed by atoms with Crippen LogP contribution >= 0.6 is 0 Å². The topological polar surface area (TPSA) is 87.3 Å². The number of benzene rings is 1. The molecule has 1 fully saturated rings. The maximum Gasteiger partial charge on any atom is 0.242 e. The minimum absolute atomic E-state index is 0.0830. The lowest BCUT2D eigenvalue weighted by Crippen LogP contribution is -2.37. The van der Waals surface area contributed by atoms with Gasteiger partial charge in [0.1, 0.15) is 4.90 Å². The van der Waals surface area contributed by atoms with E-state index in [-0.39, 0.29) is 16.7 Å². The van der Waals surface area contributed by atoms with Gasteiger partial charge in [0, 0.05) is 6.54 Å². The molecule has 1 amide bonds. The van der Waals surface area contributed by atoms with E-state index in [4.69, 9.17) is 0 Å². The van der Waals surface area contributed by atoms with Crippen LogP contribution in [-0.2, 0) is 14.8 Å². The van der Waals surface area contributed by atoms with E-state index in [1.54, 1.807) is 18.2 Å². The van der Waals surface area contributed by atoms with E-state index in [9.17, 15) is 13.2 Å². The molecule has 1 aromatic carbocycles. The average molecular weight is 297 g/mol. The van der Waals surface area contributed by atoms with Gasteiger partial charge in [-0.15, -0.1) is 0 Å². The Kier molecular flexibility index (Phi) is 4.74. The van der Waals surface area contributed by atoms with Crippen molar-refractivity contribution in [2.45, 2.75) is 17.7 Å². The van der Waals surface area contributed by atoms with Gasteiger partial charge < -0.3 is 10.6 Å². The van der Waals surface area contributed by atoms with E-state index in [1.165, 1.54) is 13.1 Å². The summed E-state index contributed by atoms with van der Waals surface area (Å²) in [5.41, 5.74) is 0.317. The third-order valence-corrected chi connectivity index (χ3v) is 4.84. The fourth-order valence-electron chi connectivity index (χ4n) is 2.22. The molecule has 1 saturated heterocycles. The van der Waals surface area contributed by atoms with E-state index in [0.29, 0.717) is 12.2 Å². The Morgan fingerprint density at radius 2 is 2.10 bits per heavy atom. The van der Waals surface area contributed by atoms with E-state index in [0.717, 1.165) is 19.4 Å². The second kappa shape index (κ2) is 6.34. The number of hydrogen-bond acceptors (Lipinski definition) is 4. The van der Waals surface area contributed by atoms with Crippen LogP contribution in [0.15, 0.2) is 29.2 Å². The predicted molar refractivity (Wildman–Crippen MR) is 76.9 cm³/mol. The van der Waals surface area contributed by atoms with Crippen molar-refractivity contribution >= 4 is 21.6 Å². The van der Waals surface area contributed by atoms with Crippen molar-refractivity contribution in [3.63, 3.8) is 0 Å². The van der Waals surface area contributed by atoms with Gasteiger partial charge in [-0.3, -0.25) is 4.79 Å². The molecule has 110 valence electrons. The monoisotopic (exact) mass is 297 g/mol. The molecule has 0 unspecified atom stereocenters. The maximum absolute atomic E-state index is 12.2. The molecule has 0 aromatic heterocycles. The van der Waals surface area contributed by atoms with Gasteiger partial charge in [0.2, 0.25) is 15.9 Å². The van der Waals surface area contributed by atoms with Crippen molar-refractivity contribution in [3.05, 3.63) is 24.3 Å². The maximum atomic E-state index is 12.2. The summed E-state index contributed by atoms with van der Waals surface area (Å²) in [5.74, 6) is -0.259. The minimum atomic E-state index is -3.59. The van der Waals surface area contributed by atoms with Crippen LogP contribution in [0.5, 0.6) is 0 Å². The number of amides is 1. The number of carbonyl (C=O) groups is 1. The first-order valence-corrected chi connectivity index (χ1v) is 8.07. The highest BCUT2D eigenvalue weighted by Gasteiger charge is 2.23. The van der Waals surface area contributed by atoms with E-state index in [1.807, 2.05) is 0 Å². The van der Waals surface area contributed by atoms with Crippen LogP contribution in [0.25, 0.3) is 0 Å². The first kappa shape index (κ1) is 15.0. The molecule has 20 heavy (non-hydrogen) atoms. The number of carbonyl (C=O) groups excluding carboxylic acids is 1. The SMILES string of the molecule is CNS(=O)(=O)c1ccccc1NC(=O)[C@@H]1CCCNC1. The number of para-hydroxylation sites is 1. The molecule has 0 aliphatic carbocycles. The Balaban J connectivity index is 2.19. The van der Waals surface area contributed by atoms with Gasteiger partial charge in [0.25, 0.3) is 0 Å². The van der Waals surface area contributed by atoms with Crippen molar-refractivity contribution in [2.75, 3.05) is 25.5 Å². The molecule has 1 aliphatic heterocycles. The van der Waals surface area contributed by atoms with E-state index < -0.39 is 10.0 Å². The molecule has 0 saturated carbocycles. The lowest BCUT2D eigenvalue weighted by atomic mass is 9.99. The van der Waals surface area contributed by atoms with Crippen LogP contribution in [0.4, 0.5) is 5.69 Å². The molecule has 6 nitrogen and oxygen atoms in total. The summed E-state index contributed by atoms with van der Waals surface area (Å²) >= 11 is 0. The summed E-state index contributed by atoms with van der Waals surface area (Å²) in [6.45, 7) is 1.56. The highest BCUT2D eigenvalue weighted by atomic mass is 32.2. The largest absolute Gasteiger partial charge is 0.325 e. The van der Waals surface area contributed by atoms with Gasteiger partial charge in [-0.25, -0.2) is 13.1 Å². The molecule has 2 rings (SSSR count). The second-order valence-electron chi connectivity index (χ2n) is 4.74. The van der Waals surface area contributed by atoms with Crippen molar-refractivity contribution < 1.29 is 13.2 Å². The van der Waals surface area contributed by atoms with Crippen LogP contribution in [0.1, 0.15) is 12.8 Å². The lowest BCUT2D eigenvalue weighted by molar-refractivity contribution is -0.120. The summed E-state index contributed by atoms with van der Waals surface area (Å²) in [7, 11) is -2.24. The molecule has 7 heteroatoms. The average Bonchev–Trinajstić information content (AvgIpc) is 2.48. The summed E-state index contributed by atoms with van der Waals surface area (Å²) in [5, 5.41) is 5.89. The molecule has 0 spiro atoms. The Bertz CT molecular complexity index is 580. The molecule has 3 N–H and O–H groups in total. The van der Waals surface area contributed by atoms with Crippen molar-refractivity contribution in [1.82, 2.24) is 10.0 Å². The third kappa shape index (κ3) is 3.36. The number of hydrogen-bond donors (Lipinski definition) is 3. The third-order valence-electron chi connectivity index (χ3n) is 3.37. The zero-order chi connectivity index (χ0) is 14.6. The summed E-state index contributed by atoms with van der Waals surface area (Å²) < 4.78 is 26.1. The Labute approximate surface area is 119 Å². The summed E-state index contributed by atoms with van der Waals surface area (Å²) in [6, 6.07) is 6.39. The predicted octanol–water partition coefficient (Wildman–Crippen LogP) is 0.533. The van der Waals surface area contributed by atoms with Gasteiger partial charge in [0.05, 0.1) is 11.6 Å². The van der Waals surface area contributed by atoms with E-state index >= 15 is 0 Å². The second-order valence-corrected chi connectivity index (χ2v) is 6.59. The molecule has 1 heterocycles. The van der Waals surface area contributed by atoms with Crippen LogP contribution in [0.3, 0.4) is 0 Å². The standard InChI is InChI=1S/C13H19N3O3S/c1-14-20(18,19)12-7-3-2-6-11(12)16-13(17)10-5-4-8-15-9-10/h2-3,6-7,10,14-15H,4-5,8-9H2,1H3,(H,16,17)/t10-/m1/s1. The first-order valence-electron chi connectivity index (χ1n) is 6.59. The highest BCUT2D eigenvalue weighted by Crippen LogP contribution is 2.22. The zero-order valence-corrected chi connectivity index (χ0v) is 12.2. The van der Waals surface area contributed by atoms with E-state index in [2.05, 4.69) is 15.4 Å². The van der Waals surface area contributed by atoms with Gasteiger partial charge >= 0.3 is 0 Å². The lowest BCUT2D eigenvalue weighted by Gasteiger charge is -2.22. The van der Waals surface area contributed by atoms with Crippen molar-refractivity contribution in [1.29, 1.82) is 0 Å². The van der Waals surface area contributed by atoms with Gasteiger partial charge in [-0.2, -0.15) is 0 Å². The van der Waals surface area contributed by atoms with Crippen LogP contribution in [-0.4, -0.2) is 34.5 Å². The van der Waals surface area contributed by atoms with Crippen LogP contribution in [0, 0.1) is 5.92 Å². The normalized spacial score (nSPS) is 19.6. The molecule has 0 radical (unpaired) electrons. The molecule has 0 bridgehead atoms. The highest BCUT2D eigenvalue weighted by molar-refractivity contribution is 7.89. The molecule has 1 aliphatic rings. The quantitative estimate of drug-likeness (QED) is 0.756. The number of rotatable bonds is 4. The molecular formula is C13H19N3O3S. The van der Waals surface area contributed by atoms with Gasteiger partial charge in [0.15, 0.2) is 0 Å².